The van der Waals surface area contributed by atoms with E-state index in [0.29, 0.717) is 13.0 Å². The highest BCUT2D eigenvalue weighted by atomic mass is 35.5. The van der Waals surface area contributed by atoms with Crippen molar-refractivity contribution in [2.75, 3.05) is 6.54 Å². The molecule has 0 spiro atoms. The summed E-state index contributed by atoms with van der Waals surface area (Å²) in [6.07, 6.45) is 0.681. The van der Waals surface area contributed by atoms with Crippen molar-refractivity contribution in [3.8, 4) is 22.5 Å². The second-order valence-corrected chi connectivity index (χ2v) is 4.83. The molecule has 3 aromatic rings. The standard InChI is InChI=1S/C18H17N3.ClH/c19-12-11-18-20-16(14-7-3-1-4-8-14)13-17(21-18)15-9-5-2-6-10-15;/h1-10,13H,11-12,19H2;1H. The number of rotatable bonds is 4. The molecule has 112 valence electrons. The minimum absolute atomic E-state index is 0. The van der Waals surface area contributed by atoms with Crippen molar-refractivity contribution in [2.24, 2.45) is 5.73 Å². The van der Waals surface area contributed by atoms with Crippen molar-refractivity contribution in [2.45, 2.75) is 6.42 Å². The zero-order valence-electron chi connectivity index (χ0n) is 12.1. The van der Waals surface area contributed by atoms with Gasteiger partial charge in [-0.2, -0.15) is 0 Å². The molecule has 0 aliphatic rings. The number of benzene rings is 2. The lowest BCUT2D eigenvalue weighted by atomic mass is 10.1. The summed E-state index contributed by atoms with van der Waals surface area (Å²) in [7, 11) is 0. The van der Waals surface area contributed by atoms with Gasteiger partial charge in [-0.05, 0) is 12.6 Å². The molecule has 0 atom stereocenters. The Kier molecular flexibility index (Phi) is 5.64. The van der Waals surface area contributed by atoms with Gasteiger partial charge in [0.2, 0.25) is 0 Å². The number of aromatic nitrogens is 2. The highest BCUT2D eigenvalue weighted by molar-refractivity contribution is 5.85. The maximum absolute atomic E-state index is 5.66. The highest BCUT2D eigenvalue weighted by Crippen LogP contribution is 2.23. The van der Waals surface area contributed by atoms with E-state index in [1.165, 1.54) is 0 Å². The van der Waals surface area contributed by atoms with Crippen LogP contribution in [0.4, 0.5) is 0 Å². The van der Waals surface area contributed by atoms with E-state index in [4.69, 9.17) is 5.73 Å². The number of nitrogens with two attached hydrogens (primary N) is 1. The van der Waals surface area contributed by atoms with Crippen LogP contribution >= 0.6 is 12.4 Å². The van der Waals surface area contributed by atoms with Crippen LogP contribution < -0.4 is 5.73 Å². The molecule has 0 saturated heterocycles. The summed E-state index contributed by atoms with van der Waals surface area (Å²) in [5.74, 6) is 0.790. The van der Waals surface area contributed by atoms with E-state index in [1.54, 1.807) is 0 Å². The largest absolute Gasteiger partial charge is 0.330 e. The van der Waals surface area contributed by atoms with Gasteiger partial charge in [0, 0.05) is 17.5 Å². The predicted octanol–water partition coefficient (Wildman–Crippen LogP) is 3.73. The Balaban J connectivity index is 0.00000176. The van der Waals surface area contributed by atoms with Gasteiger partial charge in [-0.25, -0.2) is 9.97 Å². The Labute approximate surface area is 136 Å². The van der Waals surface area contributed by atoms with Crippen LogP contribution in [0.3, 0.4) is 0 Å². The normalized spacial score (nSPS) is 10.0. The van der Waals surface area contributed by atoms with Crippen LogP contribution in [0.5, 0.6) is 0 Å². The lowest BCUT2D eigenvalue weighted by Gasteiger charge is -2.08. The SMILES string of the molecule is Cl.NCCc1nc(-c2ccccc2)cc(-c2ccccc2)n1. The molecule has 3 nitrogen and oxygen atoms in total. The zero-order valence-corrected chi connectivity index (χ0v) is 13.0. The van der Waals surface area contributed by atoms with Gasteiger partial charge in [0.05, 0.1) is 11.4 Å². The summed E-state index contributed by atoms with van der Waals surface area (Å²) in [5, 5.41) is 0. The molecule has 0 bridgehead atoms. The highest BCUT2D eigenvalue weighted by Gasteiger charge is 2.07. The quantitative estimate of drug-likeness (QED) is 0.798. The predicted molar refractivity (Wildman–Crippen MR) is 92.9 cm³/mol. The summed E-state index contributed by atoms with van der Waals surface area (Å²) in [4.78, 5) is 9.26. The lowest BCUT2D eigenvalue weighted by molar-refractivity contribution is 0.872. The number of hydrogen-bond acceptors (Lipinski definition) is 3. The third kappa shape index (κ3) is 3.70. The molecule has 3 rings (SSSR count). The molecule has 1 aromatic heterocycles. The van der Waals surface area contributed by atoms with Crippen LogP contribution in [0.1, 0.15) is 5.82 Å². The first-order valence-electron chi connectivity index (χ1n) is 7.05. The average molecular weight is 312 g/mol. The summed E-state index contributed by atoms with van der Waals surface area (Å²) >= 11 is 0. The van der Waals surface area contributed by atoms with Gasteiger partial charge >= 0.3 is 0 Å². The molecule has 2 aromatic carbocycles. The van der Waals surface area contributed by atoms with Crippen molar-refractivity contribution in [3.63, 3.8) is 0 Å². The minimum atomic E-state index is 0. The molecule has 0 saturated carbocycles. The average Bonchev–Trinajstić information content (AvgIpc) is 2.56. The Morgan fingerprint density at radius 2 is 1.18 bits per heavy atom. The Morgan fingerprint density at radius 3 is 1.59 bits per heavy atom. The number of nitrogens with zero attached hydrogens (tertiary/aromatic N) is 2. The smallest absolute Gasteiger partial charge is 0.130 e. The van der Waals surface area contributed by atoms with E-state index in [1.807, 2.05) is 42.5 Å². The number of halogens is 1. The fourth-order valence-corrected chi connectivity index (χ4v) is 2.25. The summed E-state index contributed by atoms with van der Waals surface area (Å²) in [6, 6.07) is 22.3. The van der Waals surface area contributed by atoms with Gasteiger partial charge in [-0.15, -0.1) is 12.4 Å². The Morgan fingerprint density at radius 1 is 0.727 bits per heavy atom. The van der Waals surface area contributed by atoms with E-state index in [-0.39, 0.29) is 12.4 Å². The van der Waals surface area contributed by atoms with Crippen LogP contribution in [0.2, 0.25) is 0 Å². The van der Waals surface area contributed by atoms with Crippen molar-refractivity contribution in [3.05, 3.63) is 72.6 Å². The van der Waals surface area contributed by atoms with Gasteiger partial charge in [0.15, 0.2) is 0 Å². The summed E-state index contributed by atoms with van der Waals surface area (Å²) < 4.78 is 0. The van der Waals surface area contributed by atoms with E-state index in [2.05, 4.69) is 34.2 Å². The second-order valence-electron chi connectivity index (χ2n) is 4.83. The third-order valence-electron chi connectivity index (χ3n) is 3.28. The third-order valence-corrected chi connectivity index (χ3v) is 3.28. The van der Waals surface area contributed by atoms with Crippen LogP contribution in [-0.2, 0) is 6.42 Å². The van der Waals surface area contributed by atoms with Gasteiger partial charge in [-0.3, -0.25) is 0 Å². The fraction of sp³-hybridized carbons (Fsp3) is 0.111. The molecule has 0 radical (unpaired) electrons. The Hall–Kier alpha value is -2.23. The van der Waals surface area contributed by atoms with Crippen LogP contribution in [0.25, 0.3) is 22.5 Å². The van der Waals surface area contributed by atoms with Gasteiger partial charge in [0.1, 0.15) is 5.82 Å². The van der Waals surface area contributed by atoms with Gasteiger partial charge in [0.25, 0.3) is 0 Å². The molecule has 4 heteroatoms. The first kappa shape index (κ1) is 16.1. The summed E-state index contributed by atoms with van der Waals surface area (Å²) in [5.41, 5.74) is 9.72. The second kappa shape index (κ2) is 7.69. The maximum atomic E-state index is 5.66. The maximum Gasteiger partial charge on any atom is 0.130 e. The lowest BCUT2D eigenvalue weighted by Crippen LogP contribution is -2.07. The molecule has 2 N–H and O–H groups in total. The van der Waals surface area contributed by atoms with E-state index < -0.39 is 0 Å². The van der Waals surface area contributed by atoms with Gasteiger partial charge in [-0.1, -0.05) is 60.7 Å². The Bertz CT molecular complexity index is 657. The van der Waals surface area contributed by atoms with Crippen molar-refractivity contribution < 1.29 is 0 Å². The zero-order chi connectivity index (χ0) is 14.5. The molecule has 22 heavy (non-hydrogen) atoms. The minimum Gasteiger partial charge on any atom is -0.330 e. The molecule has 0 unspecified atom stereocenters. The topological polar surface area (TPSA) is 51.8 Å². The monoisotopic (exact) mass is 311 g/mol. The summed E-state index contributed by atoms with van der Waals surface area (Å²) in [6.45, 7) is 0.548. The first-order chi connectivity index (χ1) is 10.4. The molecule has 0 fully saturated rings. The molecule has 0 aliphatic carbocycles. The van der Waals surface area contributed by atoms with E-state index >= 15 is 0 Å². The number of hydrogen-bond donors (Lipinski definition) is 1. The van der Waals surface area contributed by atoms with Crippen LogP contribution in [0.15, 0.2) is 66.7 Å². The molecular weight excluding hydrogens is 294 g/mol. The fourth-order valence-electron chi connectivity index (χ4n) is 2.25. The van der Waals surface area contributed by atoms with Crippen molar-refractivity contribution in [1.82, 2.24) is 9.97 Å². The van der Waals surface area contributed by atoms with Crippen molar-refractivity contribution >= 4 is 12.4 Å². The van der Waals surface area contributed by atoms with Crippen LogP contribution in [0, 0.1) is 0 Å². The molecule has 1 heterocycles. The molecule has 0 aliphatic heterocycles. The first-order valence-corrected chi connectivity index (χ1v) is 7.05. The van der Waals surface area contributed by atoms with Gasteiger partial charge < -0.3 is 5.73 Å². The molecular formula is C18H18ClN3. The van der Waals surface area contributed by atoms with Crippen LogP contribution in [-0.4, -0.2) is 16.5 Å². The van der Waals surface area contributed by atoms with Crippen molar-refractivity contribution in [1.29, 1.82) is 0 Å². The molecule has 0 amide bonds. The van der Waals surface area contributed by atoms with E-state index in [0.717, 1.165) is 28.3 Å². The van der Waals surface area contributed by atoms with E-state index in [9.17, 15) is 0 Å².